The lowest BCUT2D eigenvalue weighted by Crippen LogP contribution is -2.60. The molecular formula is C28H38F4O8S. The van der Waals surface area contributed by atoms with Gasteiger partial charge in [0.05, 0.1) is 13.0 Å². The zero-order chi connectivity index (χ0) is 30.8. The highest BCUT2D eigenvalue weighted by Crippen LogP contribution is 2.66. The number of rotatable bonds is 9. The summed E-state index contributed by atoms with van der Waals surface area (Å²) in [6, 6.07) is 0. The van der Waals surface area contributed by atoms with Crippen molar-refractivity contribution in [1.82, 2.24) is 0 Å². The molecule has 0 aromatic rings. The summed E-state index contributed by atoms with van der Waals surface area (Å²) < 4.78 is 88.1. The molecule has 0 aromatic heterocycles. The highest BCUT2D eigenvalue weighted by Gasteiger charge is 2.67. The Morgan fingerprint density at radius 2 is 1.73 bits per heavy atom. The van der Waals surface area contributed by atoms with Crippen LogP contribution in [0.1, 0.15) is 85.0 Å². The molecule has 1 N–H and O–H groups in total. The third-order valence-corrected chi connectivity index (χ3v) is 12.1. The minimum Gasteiger partial charge on any atom is -0.465 e. The van der Waals surface area contributed by atoms with Crippen LogP contribution in [-0.2, 0) is 34.0 Å². The molecular weight excluding hydrogens is 572 g/mol. The summed E-state index contributed by atoms with van der Waals surface area (Å²) in [5.74, 6) is -6.51. The van der Waals surface area contributed by atoms with E-state index in [0.717, 1.165) is 0 Å². The summed E-state index contributed by atoms with van der Waals surface area (Å²) in [5, 5.41) is -5.73. The van der Waals surface area contributed by atoms with Gasteiger partial charge in [0.15, 0.2) is 0 Å². The van der Waals surface area contributed by atoms with Crippen LogP contribution >= 0.6 is 0 Å². The van der Waals surface area contributed by atoms with E-state index in [0.29, 0.717) is 38.5 Å². The molecule has 0 heterocycles. The van der Waals surface area contributed by atoms with E-state index in [1.165, 1.54) is 0 Å². The monoisotopic (exact) mass is 610 g/mol. The lowest BCUT2D eigenvalue weighted by atomic mass is 9.44. The number of alkyl halides is 4. The SMILES string of the molecule is C[C@H](CCC(=O)OCCC(F)(F)C(F)(F)S(=O)(=O)O)[C@H]1CC[C@H]2C3C(=O)CC4CC(=O)CC[C@]4(C)[C@H]3CC(=O)[C@]12C. The Morgan fingerprint density at radius 3 is 2.37 bits per heavy atom. The van der Waals surface area contributed by atoms with Crippen molar-refractivity contribution in [2.45, 2.75) is 96.2 Å². The molecule has 8 nitrogen and oxygen atoms in total. The minimum absolute atomic E-state index is 0.0315. The van der Waals surface area contributed by atoms with Crippen LogP contribution in [0.25, 0.3) is 0 Å². The topological polar surface area (TPSA) is 132 Å². The third kappa shape index (κ3) is 5.27. The molecule has 0 bridgehead atoms. The fourth-order valence-corrected chi connectivity index (χ4v) is 9.12. The predicted molar refractivity (Wildman–Crippen MR) is 136 cm³/mol. The Hall–Kier alpha value is -1.89. The van der Waals surface area contributed by atoms with Crippen LogP contribution in [0.5, 0.6) is 0 Å². The zero-order valence-corrected chi connectivity index (χ0v) is 24.3. The molecule has 4 rings (SSSR count). The van der Waals surface area contributed by atoms with Crippen LogP contribution in [0.15, 0.2) is 0 Å². The lowest BCUT2D eigenvalue weighted by molar-refractivity contribution is -0.174. The van der Waals surface area contributed by atoms with Crippen LogP contribution in [0.3, 0.4) is 0 Å². The second kappa shape index (κ2) is 10.7. The first kappa shape index (κ1) is 32.0. The van der Waals surface area contributed by atoms with Crippen molar-refractivity contribution in [3.8, 4) is 0 Å². The van der Waals surface area contributed by atoms with Crippen molar-refractivity contribution < 1.29 is 54.4 Å². The largest absolute Gasteiger partial charge is 0.465 e. The standard InChI is InChI=1S/C28H38F4O8S/c1-15(4-7-23(36)40-11-10-27(29,30)28(31,32)41(37,38)39)18-5-6-19-24-20(14-22(35)26(18,19)3)25(2)9-8-17(33)12-16(25)13-21(24)34/h15-16,18-20,24H,4-14H2,1-3H3,(H,37,38,39)/t15-,16?,18-,19+,20+,24?,25+,26-/m1/s1. The number of ketones is 3. The molecule has 13 heteroatoms. The van der Waals surface area contributed by atoms with Crippen LogP contribution < -0.4 is 0 Å². The van der Waals surface area contributed by atoms with Crippen LogP contribution in [0.2, 0.25) is 0 Å². The maximum atomic E-state index is 13.8. The molecule has 4 aliphatic carbocycles. The first-order valence-corrected chi connectivity index (χ1v) is 15.7. The molecule has 4 saturated carbocycles. The van der Waals surface area contributed by atoms with Crippen LogP contribution in [-0.4, -0.2) is 54.1 Å². The van der Waals surface area contributed by atoms with E-state index < -0.39 is 45.7 Å². The number of hydrogen-bond acceptors (Lipinski definition) is 7. The van der Waals surface area contributed by atoms with E-state index in [1.807, 2.05) is 13.8 Å². The van der Waals surface area contributed by atoms with Crippen LogP contribution in [0.4, 0.5) is 17.6 Å². The van der Waals surface area contributed by atoms with Gasteiger partial charge in [-0.3, -0.25) is 23.7 Å². The minimum atomic E-state index is -6.37. The Kier molecular flexibility index (Phi) is 8.34. The zero-order valence-electron chi connectivity index (χ0n) is 23.5. The van der Waals surface area contributed by atoms with Gasteiger partial charge < -0.3 is 4.74 Å². The predicted octanol–water partition coefficient (Wildman–Crippen LogP) is 5.04. The molecule has 41 heavy (non-hydrogen) atoms. The quantitative estimate of drug-likeness (QED) is 0.218. The average Bonchev–Trinajstić information content (AvgIpc) is 3.22. The summed E-state index contributed by atoms with van der Waals surface area (Å²) in [4.78, 5) is 51.6. The fraction of sp³-hybridized carbons (Fsp3) is 0.857. The average molecular weight is 611 g/mol. The number of esters is 1. The van der Waals surface area contributed by atoms with Crippen molar-refractivity contribution in [3.63, 3.8) is 0 Å². The molecule has 0 amide bonds. The Morgan fingerprint density at radius 1 is 1.07 bits per heavy atom. The van der Waals surface area contributed by atoms with Crippen molar-refractivity contribution in [2.75, 3.05) is 6.61 Å². The van der Waals surface area contributed by atoms with Crippen molar-refractivity contribution in [2.24, 2.45) is 46.3 Å². The van der Waals surface area contributed by atoms with E-state index >= 15 is 0 Å². The van der Waals surface area contributed by atoms with E-state index in [9.17, 15) is 45.2 Å². The normalized spacial score (nSPS) is 36.8. The second-order valence-corrected chi connectivity index (χ2v) is 14.6. The summed E-state index contributed by atoms with van der Waals surface area (Å²) in [7, 11) is -6.37. The molecule has 2 unspecified atom stereocenters. The maximum absolute atomic E-state index is 13.8. The Balaban J connectivity index is 1.37. The van der Waals surface area contributed by atoms with E-state index in [4.69, 9.17) is 4.55 Å². The first-order valence-electron chi connectivity index (χ1n) is 14.2. The van der Waals surface area contributed by atoms with Gasteiger partial charge in [0.1, 0.15) is 17.3 Å². The molecule has 4 aliphatic rings. The summed E-state index contributed by atoms with van der Waals surface area (Å²) in [6.45, 7) is 4.74. The molecule has 0 saturated heterocycles. The number of carbonyl (C=O) groups is 4. The summed E-state index contributed by atoms with van der Waals surface area (Å²) in [6.07, 6.45) is 1.73. The summed E-state index contributed by atoms with van der Waals surface area (Å²) in [5.41, 5.74) is -1.00. The maximum Gasteiger partial charge on any atom is 0.431 e. The van der Waals surface area contributed by atoms with E-state index in [1.54, 1.807) is 0 Å². The molecule has 0 radical (unpaired) electrons. The highest BCUT2D eigenvalue weighted by atomic mass is 32.2. The molecule has 8 atom stereocenters. The number of hydrogen-bond donors (Lipinski definition) is 1. The highest BCUT2D eigenvalue weighted by molar-refractivity contribution is 7.87. The van der Waals surface area contributed by atoms with Gasteiger partial charge in [0.2, 0.25) is 0 Å². The second-order valence-electron chi connectivity index (χ2n) is 13.1. The van der Waals surface area contributed by atoms with Crippen molar-refractivity contribution in [3.05, 3.63) is 0 Å². The van der Waals surface area contributed by atoms with Gasteiger partial charge in [0.25, 0.3) is 0 Å². The van der Waals surface area contributed by atoms with Gasteiger partial charge in [-0.2, -0.15) is 26.0 Å². The number of Topliss-reactive ketones (excluding diaryl/α,β-unsaturated/α-hetero) is 3. The molecule has 0 aliphatic heterocycles. The number of ether oxygens (including phenoxy) is 1. The Labute approximate surface area is 237 Å². The van der Waals surface area contributed by atoms with Gasteiger partial charge in [0, 0.05) is 43.4 Å². The van der Waals surface area contributed by atoms with E-state index in [-0.39, 0.29) is 77.5 Å². The lowest BCUT2D eigenvalue weighted by Gasteiger charge is -2.58. The van der Waals surface area contributed by atoms with Gasteiger partial charge in [-0.15, -0.1) is 0 Å². The number of fused-ring (bicyclic) bond motifs is 5. The van der Waals surface area contributed by atoms with Gasteiger partial charge in [-0.1, -0.05) is 20.8 Å². The van der Waals surface area contributed by atoms with Crippen LogP contribution in [0, 0.1) is 46.3 Å². The van der Waals surface area contributed by atoms with Gasteiger partial charge in [-0.25, -0.2) is 0 Å². The molecule has 4 fully saturated rings. The smallest absolute Gasteiger partial charge is 0.431 e. The summed E-state index contributed by atoms with van der Waals surface area (Å²) >= 11 is 0. The number of carbonyl (C=O) groups excluding carboxylic acids is 4. The molecule has 232 valence electrons. The van der Waals surface area contributed by atoms with Gasteiger partial charge >= 0.3 is 27.3 Å². The first-order chi connectivity index (χ1) is 18.8. The molecule has 0 spiro atoms. The van der Waals surface area contributed by atoms with Crippen molar-refractivity contribution in [1.29, 1.82) is 0 Å². The Bertz CT molecular complexity index is 1220. The van der Waals surface area contributed by atoms with Gasteiger partial charge in [-0.05, 0) is 60.7 Å². The molecule has 0 aromatic carbocycles. The van der Waals surface area contributed by atoms with Crippen molar-refractivity contribution >= 4 is 33.4 Å². The fourth-order valence-electron chi connectivity index (χ4n) is 8.64. The number of halogens is 4. The third-order valence-electron chi connectivity index (χ3n) is 11.1. The van der Waals surface area contributed by atoms with E-state index in [2.05, 4.69) is 11.7 Å².